The molecule has 8 nitrogen and oxygen atoms in total. The normalized spacial score (nSPS) is 14.3. The van der Waals surface area contributed by atoms with E-state index in [0.717, 1.165) is 22.2 Å². The van der Waals surface area contributed by atoms with Gasteiger partial charge in [0.25, 0.3) is 0 Å². The zero-order chi connectivity index (χ0) is 27.4. The summed E-state index contributed by atoms with van der Waals surface area (Å²) in [5, 5.41) is 18.6. The second-order valence-corrected chi connectivity index (χ2v) is 10.9. The number of aromatic nitrogens is 3. The number of nitrogens with zero attached hydrogens (tertiary/aromatic N) is 5. The Morgan fingerprint density at radius 3 is 2.55 bits per heavy atom. The summed E-state index contributed by atoms with van der Waals surface area (Å²) in [5.74, 6) is -0.554. The number of benzene rings is 2. The Hall–Kier alpha value is -3.90. The standard InChI is InChI=1S/C28H28ClFN6O2/c1-15-6-7-20-22(16(2)33-34-20)21(15)23-19(29)12-18-25(24(23)30)32-14-17(13-31)26(18)35-8-10-36(11-9-35)27(37)38-28(3,4)5/h6-7,12,14H,8-11H2,1-5H3,(H,33,34). The first-order chi connectivity index (χ1) is 18.0. The SMILES string of the molecule is Cc1ccc2n[nH]c(C)c2c1-c1c(Cl)cc2c(N3CCN(C(=O)OC(C)(C)C)CC3)c(C#N)cnc2c1F. The predicted molar refractivity (Wildman–Crippen MR) is 146 cm³/mol. The minimum atomic E-state index is -0.590. The number of carbonyl (C=O) groups is 1. The minimum Gasteiger partial charge on any atom is -0.444 e. The molecular weight excluding hydrogens is 507 g/mol. The van der Waals surface area contributed by atoms with Crippen molar-refractivity contribution >= 4 is 45.2 Å². The Labute approximate surface area is 224 Å². The van der Waals surface area contributed by atoms with E-state index in [0.29, 0.717) is 48.4 Å². The van der Waals surface area contributed by atoms with Crippen molar-refractivity contribution in [3.05, 3.63) is 52.1 Å². The van der Waals surface area contributed by atoms with Crippen molar-refractivity contribution in [1.29, 1.82) is 5.26 Å². The Morgan fingerprint density at radius 2 is 1.89 bits per heavy atom. The van der Waals surface area contributed by atoms with E-state index in [9.17, 15) is 10.1 Å². The molecule has 1 N–H and O–H groups in total. The number of aromatic amines is 1. The molecule has 38 heavy (non-hydrogen) atoms. The van der Waals surface area contributed by atoms with Gasteiger partial charge < -0.3 is 14.5 Å². The molecule has 0 atom stereocenters. The molecule has 1 fully saturated rings. The monoisotopic (exact) mass is 534 g/mol. The maximum Gasteiger partial charge on any atom is 0.410 e. The summed E-state index contributed by atoms with van der Waals surface area (Å²) in [6.07, 6.45) is 1.02. The zero-order valence-corrected chi connectivity index (χ0v) is 22.7. The van der Waals surface area contributed by atoms with Crippen LogP contribution in [0.4, 0.5) is 14.9 Å². The lowest BCUT2D eigenvalue weighted by atomic mass is 9.93. The van der Waals surface area contributed by atoms with Gasteiger partial charge in [0.05, 0.1) is 21.8 Å². The molecule has 1 aliphatic heterocycles. The number of rotatable bonds is 2. The third-order valence-corrected chi connectivity index (χ3v) is 7.05. The molecule has 2 aromatic heterocycles. The number of H-pyrrole nitrogens is 1. The maximum absolute atomic E-state index is 16.3. The fraction of sp³-hybridized carbons (Fsp3) is 0.357. The van der Waals surface area contributed by atoms with Crippen LogP contribution in [0.15, 0.2) is 24.4 Å². The first-order valence-corrected chi connectivity index (χ1v) is 12.8. The molecule has 3 heterocycles. The summed E-state index contributed by atoms with van der Waals surface area (Å²) in [4.78, 5) is 20.5. The van der Waals surface area contributed by atoms with Crippen LogP contribution in [-0.2, 0) is 4.74 Å². The smallest absolute Gasteiger partial charge is 0.410 e. The number of carbonyl (C=O) groups excluding carboxylic acids is 1. The Morgan fingerprint density at radius 1 is 1.18 bits per heavy atom. The summed E-state index contributed by atoms with van der Waals surface area (Å²) in [7, 11) is 0. The Kier molecular flexibility index (Phi) is 6.40. The first-order valence-electron chi connectivity index (χ1n) is 12.4. The first kappa shape index (κ1) is 25.7. The average molecular weight is 535 g/mol. The fourth-order valence-electron chi connectivity index (χ4n) is 5.03. The summed E-state index contributed by atoms with van der Waals surface area (Å²) in [6.45, 7) is 11.0. The predicted octanol–water partition coefficient (Wildman–Crippen LogP) is 6.12. The van der Waals surface area contributed by atoms with Crippen molar-refractivity contribution in [1.82, 2.24) is 20.1 Å². The van der Waals surface area contributed by atoms with Crippen LogP contribution in [0.5, 0.6) is 0 Å². The number of amides is 1. The number of hydrogen-bond acceptors (Lipinski definition) is 6. The van der Waals surface area contributed by atoms with E-state index in [-0.39, 0.29) is 22.2 Å². The Bertz CT molecular complexity index is 1630. The van der Waals surface area contributed by atoms with Crippen molar-refractivity contribution in [2.75, 3.05) is 31.1 Å². The number of hydrogen-bond donors (Lipinski definition) is 1. The number of ether oxygens (including phenoxy) is 1. The largest absolute Gasteiger partial charge is 0.444 e. The number of halogens is 2. The van der Waals surface area contributed by atoms with Gasteiger partial charge in [-0.05, 0) is 52.3 Å². The van der Waals surface area contributed by atoms with E-state index < -0.39 is 11.4 Å². The molecule has 0 saturated carbocycles. The molecule has 1 aliphatic rings. The van der Waals surface area contributed by atoms with Crippen LogP contribution in [-0.4, -0.2) is 58.0 Å². The van der Waals surface area contributed by atoms with Gasteiger partial charge in [-0.1, -0.05) is 17.7 Å². The van der Waals surface area contributed by atoms with Gasteiger partial charge >= 0.3 is 6.09 Å². The zero-order valence-electron chi connectivity index (χ0n) is 21.9. The molecule has 0 bridgehead atoms. The van der Waals surface area contributed by atoms with Gasteiger partial charge in [-0.15, -0.1) is 0 Å². The topological polar surface area (TPSA) is 98.1 Å². The van der Waals surface area contributed by atoms with E-state index in [1.54, 1.807) is 11.0 Å². The van der Waals surface area contributed by atoms with Gasteiger partial charge in [-0.25, -0.2) is 9.18 Å². The summed E-state index contributed by atoms with van der Waals surface area (Å²) in [5.41, 5.74) is 3.72. The molecule has 1 amide bonds. The highest BCUT2D eigenvalue weighted by Crippen LogP contribution is 2.43. The molecule has 0 radical (unpaired) electrons. The second kappa shape index (κ2) is 9.44. The quantitative estimate of drug-likeness (QED) is 0.333. The van der Waals surface area contributed by atoms with Crippen molar-refractivity contribution in [2.45, 2.75) is 40.2 Å². The summed E-state index contributed by atoms with van der Waals surface area (Å²) < 4.78 is 21.8. The number of nitriles is 1. The molecule has 2 aromatic carbocycles. The van der Waals surface area contributed by atoms with E-state index >= 15 is 4.39 Å². The van der Waals surface area contributed by atoms with Crippen molar-refractivity contribution in [2.24, 2.45) is 0 Å². The van der Waals surface area contributed by atoms with Crippen LogP contribution in [0.25, 0.3) is 32.9 Å². The van der Waals surface area contributed by atoms with Crippen LogP contribution < -0.4 is 4.90 Å². The van der Waals surface area contributed by atoms with E-state index in [4.69, 9.17) is 16.3 Å². The van der Waals surface area contributed by atoms with E-state index in [1.807, 2.05) is 51.7 Å². The highest BCUT2D eigenvalue weighted by atomic mass is 35.5. The van der Waals surface area contributed by atoms with Gasteiger partial charge in [0, 0.05) is 60.0 Å². The number of anilines is 1. The van der Waals surface area contributed by atoms with Crippen LogP contribution in [0.2, 0.25) is 5.02 Å². The molecule has 196 valence electrons. The van der Waals surface area contributed by atoms with E-state index in [2.05, 4.69) is 21.3 Å². The van der Waals surface area contributed by atoms with Gasteiger partial charge in [-0.3, -0.25) is 10.1 Å². The molecule has 4 aromatic rings. The fourth-order valence-corrected chi connectivity index (χ4v) is 5.32. The van der Waals surface area contributed by atoms with E-state index in [1.165, 1.54) is 6.20 Å². The lowest BCUT2D eigenvalue weighted by Crippen LogP contribution is -2.50. The highest BCUT2D eigenvalue weighted by molar-refractivity contribution is 6.35. The third-order valence-electron chi connectivity index (χ3n) is 6.75. The maximum atomic E-state index is 16.3. The number of nitrogens with one attached hydrogen (secondary N) is 1. The van der Waals surface area contributed by atoms with Gasteiger partial charge in [0.1, 0.15) is 17.2 Å². The second-order valence-electron chi connectivity index (χ2n) is 10.5. The number of piperazine rings is 1. The molecule has 10 heteroatoms. The lowest BCUT2D eigenvalue weighted by molar-refractivity contribution is 0.0240. The highest BCUT2D eigenvalue weighted by Gasteiger charge is 2.29. The van der Waals surface area contributed by atoms with Crippen LogP contribution in [0.3, 0.4) is 0 Å². The van der Waals surface area contributed by atoms with Crippen molar-refractivity contribution in [3.63, 3.8) is 0 Å². The molecule has 5 rings (SSSR count). The molecule has 0 unspecified atom stereocenters. The molecule has 1 saturated heterocycles. The minimum absolute atomic E-state index is 0.130. The molecule has 0 spiro atoms. The number of fused-ring (bicyclic) bond motifs is 2. The molecule has 0 aliphatic carbocycles. The van der Waals surface area contributed by atoms with Crippen LogP contribution in [0, 0.1) is 31.0 Å². The average Bonchev–Trinajstić information content (AvgIpc) is 3.24. The van der Waals surface area contributed by atoms with Crippen molar-refractivity contribution in [3.8, 4) is 17.2 Å². The third kappa shape index (κ3) is 4.39. The summed E-state index contributed by atoms with van der Waals surface area (Å²) >= 11 is 6.80. The van der Waals surface area contributed by atoms with Gasteiger partial charge in [0.2, 0.25) is 0 Å². The lowest BCUT2D eigenvalue weighted by Gasteiger charge is -2.37. The Balaban J connectivity index is 1.60. The number of aryl methyl sites for hydroxylation is 2. The number of pyridine rings is 1. The van der Waals surface area contributed by atoms with Crippen LogP contribution in [0.1, 0.15) is 37.6 Å². The molecular formula is C28H28ClFN6O2. The summed E-state index contributed by atoms with van der Waals surface area (Å²) in [6, 6.07) is 7.65. The van der Waals surface area contributed by atoms with Crippen LogP contribution >= 0.6 is 11.6 Å². The van der Waals surface area contributed by atoms with Gasteiger partial charge in [0.15, 0.2) is 5.82 Å². The van der Waals surface area contributed by atoms with Crippen molar-refractivity contribution < 1.29 is 13.9 Å². The van der Waals surface area contributed by atoms with Gasteiger partial charge in [-0.2, -0.15) is 10.4 Å².